The fraction of sp³-hybridized carbons (Fsp3) is 0.545. The van der Waals surface area contributed by atoms with Gasteiger partial charge in [0.1, 0.15) is 5.82 Å². The molecule has 0 spiro atoms. The lowest BCUT2D eigenvalue weighted by atomic mass is 9.78. The molecule has 0 bridgehead atoms. The van der Waals surface area contributed by atoms with Crippen LogP contribution in [0.4, 0.5) is 5.82 Å². The Morgan fingerprint density at radius 3 is 3.13 bits per heavy atom. The first-order valence-corrected chi connectivity index (χ1v) is 5.28. The van der Waals surface area contributed by atoms with Gasteiger partial charge in [0.05, 0.1) is 5.60 Å². The highest BCUT2D eigenvalue weighted by molar-refractivity contribution is 5.43. The number of aliphatic hydroxyl groups is 1. The van der Waals surface area contributed by atoms with E-state index in [0.29, 0.717) is 12.2 Å². The predicted octanol–water partition coefficient (Wildman–Crippen LogP) is 0.481. The molecule has 2 rings (SSSR count). The number of nitrogens with zero attached hydrogens (tertiary/aromatic N) is 1. The summed E-state index contributed by atoms with van der Waals surface area (Å²) in [5, 5.41) is 13.9. The third kappa shape index (κ3) is 1.70. The Morgan fingerprint density at radius 1 is 1.67 bits per heavy atom. The van der Waals surface area contributed by atoms with Crippen molar-refractivity contribution in [2.45, 2.75) is 18.9 Å². The van der Waals surface area contributed by atoms with Crippen molar-refractivity contribution in [3.05, 3.63) is 23.9 Å². The Hall–Kier alpha value is -1.13. The first kappa shape index (κ1) is 10.4. The molecule has 1 saturated heterocycles. The van der Waals surface area contributed by atoms with E-state index in [-0.39, 0.29) is 5.92 Å². The second kappa shape index (κ2) is 3.79. The Labute approximate surface area is 89.5 Å². The molecule has 4 nitrogen and oxygen atoms in total. The van der Waals surface area contributed by atoms with Crippen LogP contribution in [-0.2, 0) is 5.60 Å². The van der Waals surface area contributed by atoms with Gasteiger partial charge in [0.15, 0.2) is 0 Å². The van der Waals surface area contributed by atoms with Gasteiger partial charge in [-0.05, 0) is 19.0 Å². The summed E-state index contributed by atoms with van der Waals surface area (Å²) in [4.78, 5) is 4.03. The SMILES string of the molecule is CC1CNCCC1(O)c1cccnc1N. The summed E-state index contributed by atoms with van der Waals surface area (Å²) in [6, 6.07) is 3.68. The highest BCUT2D eigenvalue weighted by atomic mass is 16.3. The summed E-state index contributed by atoms with van der Waals surface area (Å²) in [5.74, 6) is 0.589. The third-order valence-electron chi connectivity index (χ3n) is 3.25. The summed E-state index contributed by atoms with van der Waals surface area (Å²) in [6.45, 7) is 3.65. The van der Waals surface area contributed by atoms with Gasteiger partial charge in [-0.2, -0.15) is 0 Å². The first-order valence-electron chi connectivity index (χ1n) is 5.28. The fourth-order valence-electron chi connectivity index (χ4n) is 2.20. The molecular weight excluding hydrogens is 190 g/mol. The van der Waals surface area contributed by atoms with Gasteiger partial charge < -0.3 is 16.2 Å². The zero-order valence-corrected chi connectivity index (χ0v) is 8.90. The molecule has 1 aromatic heterocycles. The van der Waals surface area contributed by atoms with E-state index in [0.717, 1.165) is 18.7 Å². The van der Waals surface area contributed by atoms with Crippen LogP contribution in [0.5, 0.6) is 0 Å². The number of nitrogens with one attached hydrogen (secondary N) is 1. The molecular formula is C11H17N3O. The van der Waals surface area contributed by atoms with Crippen LogP contribution in [-0.4, -0.2) is 23.2 Å². The molecule has 1 aliphatic rings. The van der Waals surface area contributed by atoms with Crippen molar-refractivity contribution in [3.8, 4) is 0 Å². The van der Waals surface area contributed by atoms with Gasteiger partial charge in [0.2, 0.25) is 0 Å². The van der Waals surface area contributed by atoms with Crippen LogP contribution in [0.3, 0.4) is 0 Å². The van der Waals surface area contributed by atoms with Crippen LogP contribution in [0.1, 0.15) is 18.9 Å². The number of nitrogens with two attached hydrogens (primary N) is 1. The highest BCUT2D eigenvalue weighted by Crippen LogP contribution is 2.36. The van der Waals surface area contributed by atoms with E-state index in [9.17, 15) is 5.11 Å². The number of hydrogen-bond acceptors (Lipinski definition) is 4. The molecule has 15 heavy (non-hydrogen) atoms. The monoisotopic (exact) mass is 207 g/mol. The molecule has 4 heteroatoms. The minimum absolute atomic E-state index is 0.151. The summed E-state index contributed by atoms with van der Waals surface area (Å²) < 4.78 is 0. The second-order valence-electron chi connectivity index (χ2n) is 4.22. The minimum Gasteiger partial charge on any atom is -0.385 e. The summed E-state index contributed by atoms with van der Waals surface area (Å²) in [7, 11) is 0. The third-order valence-corrected chi connectivity index (χ3v) is 3.25. The average molecular weight is 207 g/mol. The van der Waals surface area contributed by atoms with Gasteiger partial charge in [-0.3, -0.25) is 0 Å². The van der Waals surface area contributed by atoms with Gasteiger partial charge in [0.25, 0.3) is 0 Å². The van der Waals surface area contributed by atoms with E-state index in [1.54, 1.807) is 6.20 Å². The maximum absolute atomic E-state index is 10.6. The van der Waals surface area contributed by atoms with Crippen molar-refractivity contribution in [2.24, 2.45) is 5.92 Å². The number of nitrogen functional groups attached to an aromatic ring is 1. The summed E-state index contributed by atoms with van der Waals surface area (Å²) in [5.41, 5.74) is 5.74. The maximum atomic E-state index is 10.6. The van der Waals surface area contributed by atoms with E-state index in [1.807, 2.05) is 19.1 Å². The standard InChI is InChI=1S/C11H17N3O/c1-8-7-13-6-4-11(8,15)9-3-2-5-14-10(9)12/h2-3,5,8,13,15H,4,6-7H2,1H3,(H2,12,14). The molecule has 0 aliphatic carbocycles. The molecule has 82 valence electrons. The van der Waals surface area contributed by atoms with Crippen molar-refractivity contribution < 1.29 is 5.11 Å². The maximum Gasteiger partial charge on any atom is 0.129 e. The van der Waals surface area contributed by atoms with Crippen LogP contribution < -0.4 is 11.1 Å². The normalized spacial score (nSPS) is 31.5. The van der Waals surface area contributed by atoms with E-state index in [4.69, 9.17) is 5.73 Å². The topological polar surface area (TPSA) is 71.2 Å². The first-order chi connectivity index (χ1) is 7.14. The molecule has 4 N–H and O–H groups in total. The lowest BCUT2D eigenvalue weighted by Gasteiger charge is -2.39. The Kier molecular flexibility index (Phi) is 2.63. The second-order valence-corrected chi connectivity index (χ2v) is 4.22. The van der Waals surface area contributed by atoms with Crippen molar-refractivity contribution in [3.63, 3.8) is 0 Å². The largest absolute Gasteiger partial charge is 0.385 e. The summed E-state index contributed by atoms with van der Waals surface area (Å²) in [6.07, 6.45) is 2.33. The van der Waals surface area contributed by atoms with Gasteiger partial charge in [-0.1, -0.05) is 13.0 Å². The lowest BCUT2D eigenvalue weighted by molar-refractivity contribution is -0.0387. The number of rotatable bonds is 1. The minimum atomic E-state index is -0.830. The molecule has 1 aromatic rings. The van der Waals surface area contributed by atoms with E-state index >= 15 is 0 Å². The van der Waals surface area contributed by atoms with E-state index < -0.39 is 5.60 Å². The zero-order chi connectivity index (χ0) is 10.9. The van der Waals surface area contributed by atoms with Gasteiger partial charge in [0, 0.05) is 24.2 Å². The molecule has 2 atom stereocenters. The molecule has 2 heterocycles. The number of pyridine rings is 1. The van der Waals surface area contributed by atoms with E-state index in [2.05, 4.69) is 10.3 Å². The number of hydrogen-bond donors (Lipinski definition) is 3. The number of aromatic nitrogens is 1. The Balaban J connectivity index is 2.39. The smallest absolute Gasteiger partial charge is 0.129 e. The van der Waals surface area contributed by atoms with Crippen LogP contribution in [0.25, 0.3) is 0 Å². The van der Waals surface area contributed by atoms with Crippen molar-refractivity contribution in [1.82, 2.24) is 10.3 Å². The molecule has 0 amide bonds. The molecule has 1 fully saturated rings. The molecule has 2 unspecified atom stereocenters. The number of anilines is 1. The van der Waals surface area contributed by atoms with Crippen molar-refractivity contribution >= 4 is 5.82 Å². The fourth-order valence-corrected chi connectivity index (χ4v) is 2.20. The van der Waals surface area contributed by atoms with Crippen molar-refractivity contribution in [1.29, 1.82) is 0 Å². The molecule has 1 aliphatic heterocycles. The van der Waals surface area contributed by atoms with Gasteiger partial charge in [-0.15, -0.1) is 0 Å². The van der Waals surface area contributed by atoms with Crippen LogP contribution >= 0.6 is 0 Å². The Bertz CT molecular complexity index is 355. The molecule has 0 radical (unpaired) electrons. The van der Waals surface area contributed by atoms with Crippen LogP contribution in [0.15, 0.2) is 18.3 Å². The lowest BCUT2D eigenvalue weighted by Crippen LogP contribution is -2.47. The average Bonchev–Trinajstić information content (AvgIpc) is 2.23. The Morgan fingerprint density at radius 2 is 2.47 bits per heavy atom. The highest BCUT2D eigenvalue weighted by Gasteiger charge is 2.39. The predicted molar refractivity (Wildman–Crippen MR) is 59.2 cm³/mol. The van der Waals surface area contributed by atoms with E-state index in [1.165, 1.54) is 0 Å². The zero-order valence-electron chi connectivity index (χ0n) is 8.90. The van der Waals surface area contributed by atoms with Gasteiger partial charge in [-0.25, -0.2) is 4.98 Å². The molecule has 0 saturated carbocycles. The quantitative estimate of drug-likeness (QED) is 0.626. The molecule has 0 aromatic carbocycles. The number of piperidine rings is 1. The van der Waals surface area contributed by atoms with Gasteiger partial charge >= 0.3 is 0 Å². The van der Waals surface area contributed by atoms with Crippen LogP contribution in [0, 0.1) is 5.92 Å². The van der Waals surface area contributed by atoms with Crippen LogP contribution in [0.2, 0.25) is 0 Å². The van der Waals surface area contributed by atoms with Crippen molar-refractivity contribution in [2.75, 3.05) is 18.8 Å². The summed E-state index contributed by atoms with van der Waals surface area (Å²) >= 11 is 0.